The Bertz CT molecular complexity index is 884. The zero-order chi connectivity index (χ0) is 18.5. The smallest absolute Gasteiger partial charge is 0.210 e. The summed E-state index contributed by atoms with van der Waals surface area (Å²) in [6.07, 6.45) is 4.02. The molecule has 1 saturated carbocycles. The number of tetrazole rings is 1. The van der Waals surface area contributed by atoms with Crippen LogP contribution in [0, 0.1) is 0 Å². The molecule has 0 N–H and O–H groups in total. The maximum Gasteiger partial charge on any atom is 0.210 e. The normalized spacial score (nSPS) is 21.1. The lowest BCUT2D eigenvalue weighted by Crippen LogP contribution is -2.25. The molecule has 26 heavy (non-hydrogen) atoms. The molecule has 0 radical (unpaired) electrons. The number of aromatic nitrogens is 4. The average Bonchev–Trinajstić information content (AvgIpc) is 3.33. The van der Waals surface area contributed by atoms with Crippen LogP contribution in [-0.2, 0) is 10.2 Å². The van der Waals surface area contributed by atoms with Crippen LogP contribution in [0.3, 0.4) is 0 Å². The zero-order valence-electron chi connectivity index (χ0n) is 15.5. The molecule has 1 aromatic carbocycles. The summed E-state index contributed by atoms with van der Waals surface area (Å²) < 4.78 is 1.85. The van der Waals surface area contributed by atoms with E-state index in [0.717, 1.165) is 29.4 Å². The van der Waals surface area contributed by atoms with Gasteiger partial charge in [0.05, 0.1) is 11.3 Å². The Kier molecular flexibility index (Phi) is 4.14. The second kappa shape index (κ2) is 6.23. The number of anilines is 1. The van der Waals surface area contributed by atoms with Crippen molar-refractivity contribution in [2.75, 3.05) is 11.9 Å². The van der Waals surface area contributed by atoms with Crippen molar-refractivity contribution >= 4 is 23.2 Å². The van der Waals surface area contributed by atoms with Gasteiger partial charge in [-0.15, -0.1) is 5.10 Å². The van der Waals surface area contributed by atoms with E-state index in [1.807, 2.05) is 24.7 Å². The van der Waals surface area contributed by atoms with Gasteiger partial charge in [0.25, 0.3) is 0 Å². The fourth-order valence-corrected chi connectivity index (χ4v) is 4.42. The number of nitrogens with zero attached hydrogens (tertiary/aromatic N) is 5. The predicted molar refractivity (Wildman–Crippen MR) is 102 cm³/mol. The largest absolute Gasteiger partial charge is 0.347 e. The summed E-state index contributed by atoms with van der Waals surface area (Å²) in [5.41, 5.74) is 3.24. The number of fused-ring (bicyclic) bond motifs is 1. The number of para-hydroxylation sites is 1. The molecule has 1 aliphatic heterocycles. The third-order valence-corrected chi connectivity index (χ3v) is 6.32. The highest BCUT2D eigenvalue weighted by atomic mass is 32.2. The number of benzene rings is 1. The number of carbonyl (C=O) groups is 1. The first-order valence-electron chi connectivity index (χ1n) is 8.93. The Labute approximate surface area is 157 Å². The lowest BCUT2D eigenvalue weighted by molar-refractivity contribution is -0.114. The fraction of sp³-hybridized carbons (Fsp3) is 0.474. The summed E-state index contributed by atoms with van der Waals surface area (Å²) in [5.74, 6) is 0.0862. The number of rotatable bonds is 5. The maximum atomic E-state index is 12.9. The molecule has 2 heterocycles. The molecule has 2 aliphatic rings. The molecule has 1 fully saturated rings. The molecule has 1 atom stereocenters. The number of carbonyl (C=O) groups excluding carboxylic acids is 1. The van der Waals surface area contributed by atoms with E-state index in [4.69, 9.17) is 0 Å². The molecule has 4 rings (SSSR count). The van der Waals surface area contributed by atoms with Crippen molar-refractivity contribution in [2.24, 2.45) is 0 Å². The first-order valence-corrected chi connectivity index (χ1v) is 9.81. The van der Waals surface area contributed by atoms with Crippen molar-refractivity contribution in [1.82, 2.24) is 20.2 Å². The van der Waals surface area contributed by atoms with Gasteiger partial charge in [-0.25, -0.2) is 4.68 Å². The predicted octanol–water partition coefficient (Wildman–Crippen LogP) is 3.37. The van der Waals surface area contributed by atoms with E-state index in [-0.39, 0.29) is 16.4 Å². The van der Waals surface area contributed by atoms with Gasteiger partial charge in [0.2, 0.25) is 5.16 Å². The lowest BCUT2D eigenvalue weighted by Gasteiger charge is -2.24. The van der Waals surface area contributed by atoms with Crippen LogP contribution in [-0.4, -0.2) is 38.3 Å². The van der Waals surface area contributed by atoms with Crippen LogP contribution in [0.15, 0.2) is 41.2 Å². The summed E-state index contributed by atoms with van der Waals surface area (Å²) in [6, 6.07) is 8.73. The van der Waals surface area contributed by atoms with Gasteiger partial charge >= 0.3 is 0 Å². The second-order valence-electron chi connectivity index (χ2n) is 7.53. The monoisotopic (exact) mass is 369 g/mol. The summed E-state index contributed by atoms with van der Waals surface area (Å²) in [5, 5.41) is 12.4. The van der Waals surface area contributed by atoms with Crippen molar-refractivity contribution in [1.29, 1.82) is 0 Å². The van der Waals surface area contributed by atoms with E-state index < -0.39 is 0 Å². The van der Waals surface area contributed by atoms with Crippen LogP contribution in [0.4, 0.5) is 5.69 Å². The molecule has 0 amide bonds. The molecule has 2 aromatic rings. The van der Waals surface area contributed by atoms with Gasteiger partial charge in [-0.2, -0.15) is 0 Å². The summed E-state index contributed by atoms with van der Waals surface area (Å²) in [7, 11) is 2.03. The second-order valence-corrected chi connectivity index (χ2v) is 8.84. The van der Waals surface area contributed by atoms with Gasteiger partial charge in [0.1, 0.15) is 0 Å². The fourth-order valence-electron chi connectivity index (χ4n) is 3.54. The Balaban J connectivity index is 1.56. The van der Waals surface area contributed by atoms with Crippen molar-refractivity contribution < 1.29 is 4.79 Å². The van der Waals surface area contributed by atoms with Crippen LogP contribution in [0.2, 0.25) is 0 Å². The molecule has 0 spiro atoms. The van der Waals surface area contributed by atoms with Gasteiger partial charge < -0.3 is 4.90 Å². The molecule has 0 saturated heterocycles. The number of likely N-dealkylation sites (N-methyl/N-ethyl adjacent to an activating group) is 1. The Morgan fingerprint density at radius 1 is 1.35 bits per heavy atom. The molecular formula is C19H23N5OS. The lowest BCUT2D eigenvalue weighted by atomic mass is 9.83. The molecule has 1 unspecified atom stereocenters. The molecule has 136 valence electrons. The highest BCUT2D eigenvalue weighted by molar-refractivity contribution is 8.00. The first-order chi connectivity index (χ1) is 12.4. The summed E-state index contributed by atoms with van der Waals surface area (Å²) in [6.45, 7) is 6.25. The number of allylic oxidation sites excluding steroid dienone is 2. The number of ketones is 1. The van der Waals surface area contributed by atoms with Crippen molar-refractivity contribution in [2.45, 2.75) is 55.5 Å². The highest BCUT2D eigenvalue weighted by Crippen LogP contribution is 2.46. The Hall–Kier alpha value is -2.15. The first kappa shape index (κ1) is 17.3. The third kappa shape index (κ3) is 2.84. The number of thioether (sulfide) groups is 1. The van der Waals surface area contributed by atoms with Gasteiger partial charge in [-0.1, -0.05) is 43.8 Å². The third-order valence-electron chi connectivity index (χ3n) is 5.26. The highest BCUT2D eigenvalue weighted by Gasteiger charge is 2.39. The molecule has 7 heteroatoms. The average molecular weight is 369 g/mol. The number of hydrogen-bond donors (Lipinski definition) is 0. The quantitative estimate of drug-likeness (QED) is 0.595. The van der Waals surface area contributed by atoms with E-state index in [1.165, 1.54) is 17.3 Å². The summed E-state index contributed by atoms with van der Waals surface area (Å²) in [4.78, 5) is 15.0. The summed E-state index contributed by atoms with van der Waals surface area (Å²) >= 11 is 1.44. The number of hydrogen-bond acceptors (Lipinski definition) is 6. The minimum atomic E-state index is -0.237. The minimum absolute atomic E-state index is 0.0862. The van der Waals surface area contributed by atoms with Gasteiger partial charge in [-0.05, 0) is 41.8 Å². The molecule has 6 nitrogen and oxygen atoms in total. The molecule has 1 aromatic heterocycles. The van der Waals surface area contributed by atoms with Crippen LogP contribution >= 0.6 is 11.8 Å². The standard InChI is InChI=1S/C19H23N5OS/c1-12(26-18-20-21-22-24(18)13-9-10-13)16(25)11-17-19(2,3)14-7-5-6-8-15(14)23(17)4/h5-8,11-13H,9-10H2,1-4H3/b17-11+. The minimum Gasteiger partial charge on any atom is -0.347 e. The molecular weight excluding hydrogens is 346 g/mol. The van der Waals surface area contributed by atoms with E-state index in [1.54, 1.807) is 6.08 Å². The van der Waals surface area contributed by atoms with E-state index in [0.29, 0.717) is 6.04 Å². The van der Waals surface area contributed by atoms with Crippen LogP contribution < -0.4 is 4.90 Å². The van der Waals surface area contributed by atoms with Gasteiger partial charge in [0.15, 0.2) is 5.78 Å². The zero-order valence-corrected chi connectivity index (χ0v) is 16.3. The van der Waals surface area contributed by atoms with E-state index in [2.05, 4.69) is 52.5 Å². The van der Waals surface area contributed by atoms with E-state index >= 15 is 0 Å². The van der Waals surface area contributed by atoms with Crippen molar-refractivity contribution in [3.8, 4) is 0 Å². The Morgan fingerprint density at radius 3 is 2.77 bits per heavy atom. The molecule has 1 aliphatic carbocycles. The van der Waals surface area contributed by atoms with Crippen molar-refractivity contribution in [3.63, 3.8) is 0 Å². The van der Waals surface area contributed by atoms with Gasteiger partial charge in [-0.3, -0.25) is 4.79 Å². The van der Waals surface area contributed by atoms with Crippen LogP contribution in [0.25, 0.3) is 0 Å². The van der Waals surface area contributed by atoms with Crippen LogP contribution in [0.5, 0.6) is 0 Å². The molecule has 0 bridgehead atoms. The SMILES string of the molecule is CC(Sc1nnnn1C1CC1)C(=O)/C=C1/N(C)c2ccccc2C1(C)C. The topological polar surface area (TPSA) is 63.9 Å². The van der Waals surface area contributed by atoms with Crippen LogP contribution in [0.1, 0.15) is 45.2 Å². The van der Waals surface area contributed by atoms with Gasteiger partial charge in [0, 0.05) is 29.9 Å². The maximum absolute atomic E-state index is 12.9. The van der Waals surface area contributed by atoms with Crippen molar-refractivity contribution in [3.05, 3.63) is 41.6 Å². The Morgan fingerprint density at radius 2 is 2.08 bits per heavy atom. The van der Waals surface area contributed by atoms with E-state index in [9.17, 15) is 4.79 Å².